The first-order chi connectivity index (χ1) is 4.27. The quantitative estimate of drug-likeness (QED) is 0.496. The van der Waals surface area contributed by atoms with Gasteiger partial charge in [0.05, 0.1) is 0 Å². The zero-order valence-electron chi connectivity index (χ0n) is 6.32. The maximum atomic E-state index is 3.77. The van der Waals surface area contributed by atoms with E-state index in [-0.39, 0.29) is 0 Å². The molecule has 0 amide bonds. The maximum absolute atomic E-state index is 3.77. The summed E-state index contributed by atoms with van der Waals surface area (Å²) < 4.78 is 0. The van der Waals surface area contributed by atoms with Crippen molar-refractivity contribution in [1.82, 2.24) is 0 Å². The Bertz CT molecular complexity index is 96.6. The Morgan fingerprint density at radius 2 is 2.00 bits per heavy atom. The Labute approximate surface area is 58.0 Å². The van der Waals surface area contributed by atoms with Crippen LogP contribution in [0.1, 0.15) is 39.0 Å². The van der Waals surface area contributed by atoms with Crippen molar-refractivity contribution in [3.63, 3.8) is 0 Å². The molecule has 0 aromatic carbocycles. The SMILES string of the molecule is C=CCC1(C)CCCC1. The highest BCUT2D eigenvalue weighted by Crippen LogP contribution is 2.40. The fourth-order valence-corrected chi connectivity index (χ4v) is 1.78. The molecule has 1 saturated carbocycles. The van der Waals surface area contributed by atoms with E-state index in [1.165, 1.54) is 32.1 Å². The standard InChI is InChI=1S/C9H16/c1-3-6-9(2)7-4-5-8-9/h3H,1,4-8H2,2H3. The van der Waals surface area contributed by atoms with E-state index in [1.807, 2.05) is 0 Å². The molecule has 0 heteroatoms. The highest BCUT2D eigenvalue weighted by atomic mass is 14.3. The minimum absolute atomic E-state index is 0.627. The predicted molar refractivity (Wildman–Crippen MR) is 41.4 cm³/mol. The van der Waals surface area contributed by atoms with Gasteiger partial charge in [-0.1, -0.05) is 25.8 Å². The number of rotatable bonds is 2. The maximum Gasteiger partial charge on any atom is -0.0291 e. The van der Waals surface area contributed by atoms with Gasteiger partial charge in [0.1, 0.15) is 0 Å². The van der Waals surface area contributed by atoms with Crippen molar-refractivity contribution in [2.24, 2.45) is 5.41 Å². The summed E-state index contributed by atoms with van der Waals surface area (Å²) in [7, 11) is 0. The van der Waals surface area contributed by atoms with Crippen LogP contribution in [0.5, 0.6) is 0 Å². The van der Waals surface area contributed by atoms with Crippen LogP contribution in [0.2, 0.25) is 0 Å². The summed E-state index contributed by atoms with van der Waals surface area (Å²) in [6.45, 7) is 6.15. The monoisotopic (exact) mass is 124 g/mol. The van der Waals surface area contributed by atoms with Crippen molar-refractivity contribution in [3.05, 3.63) is 12.7 Å². The number of hydrogen-bond acceptors (Lipinski definition) is 0. The molecule has 0 nitrogen and oxygen atoms in total. The molecule has 0 atom stereocenters. The van der Waals surface area contributed by atoms with E-state index in [9.17, 15) is 0 Å². The highest BCUT2D eigenvalue weighted by molar-refractivity contribution is 4.86. The van der Waals surface area contributed by atoms with Gasteiger partial charge in [0.25, 0.3) is 0 Å². The second-order valence-corrected chi connectivity index (χ2v) is 3.51. The molecule has 1 rings (SSSR count). The summed E-state index contributed by atoms with van der Waals surface area (Å²) >= 11 is 0. The Kier molecular flexibility index (Phi) is 1.94. The van der Waals surface area contributed by atoms with Crippen LogP contribution in [-0.4, -0.2) is 0 Å². The normalized spacial score (nSPS) is 24.1. The second kappa shape index (κ2) is 2.55. The van der Waals surface area contributed by atoms with Gasteiger partial charge < -0.3 is 0 Å². The first-order valence-electron chi connectivity index (χ1n) is 3.88. The van der Waals surface area contributed by atoms with E-state index < -0.39 is 0 Å². The molecular formula is C9H16. The molecule has 52 valence electrons. The first kappa shape index (κ1) is 6.85. The van der Waals surface area contributed by atoms with Crippen molar-refractivity contribution in [2.75, 3.05) is 0 Å². The molecule has 0 aromatic rings. The molecule has 0 bridgehead atoms. The zero-order valence-corrected chi connectivity index (χ0v) is 6.32. The van der Waals surface area contributed by atoms with Gasteiger partial charge in [0.15, 0.2) is 0 Å². The Balaban J connectivity index is 2.40. The molecule has 0 aromatic heterocycles. The lowest BCUT2D eigenvalue weighted by atomic mass is 9.85. The fourth-order valence-electron chi connectivity index (χ4n) is 1.78. The van der Waals surface area contributed by atoms with Crippen molar-refractivity contribution in [2.45, 2.75) is 39.0 Å². The van der Waals surface area contributed by atoms with Gasteiger partial charge in [-0.3, -0.25) is 0 Å². The van der Waals surface area contributed by atoms with Gasteiger partial charge in [-0.25, -0.2) is 0 Å². The molecule has 0 N–H and O–H groups in total. The van der Waals surface area contributed by atoms with Crippen molar-refractivity contribution >= 4 is 0 Å². The highest BCUT2D eigenvalue weighted by Gasteiger charge is 2.26. The third-order valence-corrected chi connectivity index (χ3v) is 2.45. The van der Waals surface area contributed by atoms with Crippen molar-refractivity contribution in [3.8, 4) is 0 Å². The first-order valence-corrected chi connectivity index (χ1v) is 3.88. The Morgan fingerprint density at radius 3 is 2.44 bits per heavy atom. The van der Waals surface area contributed by atoms with Crippen LogP contribution in [-0.2, 0) is 0 Å². The van der Waals surface area contributed by atoms with Crippen LogP contribution >= 0.6 is 0 Å². The van der Waals surface area contributed by atoms with Crippen LogP contribution in [0.25, 0.3) is 0 Å². The molecule has 0 heterocycles. The molecule has 0 radical (unpaired) electrons. The molecule has 0 unspecified atom stereocenters. The van der Waals surface area contributed by atoms with Gasteiger partial charge in [0, 0.05) is 0 Å². The summed E-state index contributed by atoms with van der Waals surface area (Å²) in [6.07, 6.45) is 8.98. The minimum Gasteiger partial charge on any atom is -0.103 e. The van der Waals surface area contributed by atoms with E-state index in [2.05, 4.69) is 19.6 Å². The molecule has 1 aliphatic rings. The molecule has 0 aliphatic heterocycles. The smallest absolute Gasteiger partial charge is 0.0291 e. The average Bonchev–Trinajstić information content (AvgIpc) is 2.16. The van der Waals surface area contributed by atoms with Gasteiger partial charge in [-0.05, 0) is 24.7 Å². The van der Waals surface area contributed by atoms with Crippen molar-refractivity contribution < 1.29 is 0 Å². The molecule has 0 spiro atoms. The molecule has 1 fully saturated rings. The van der Waals surface area contributed by atoms with E-state index >= 15 is 0 Å². The third-order valence-electron chi connectivity index (χ3n) is 2.45. The summed E-state index contributed by atoms with van der Waals surface area (Å²) in [5, 5.41) is 0. The topological polar surface area (TPSA) is 0 Å². The lowest BCUT2D eigenvalue weighted by Gasteiger charge is -2.20. The lowest BCUT2D eigenvalue weighted by Crippen LogP contribution is -2.08. The van der Waals surface area contributed by atoms with Crippen LogP contribution in [0.15, 0.2) is 12.7 Å². The Hall–Kier alpha value is -0.260. The Morgan fingerprint density at radius 1 is 1.44 bits per heavy atom. The molecule has 9 heavy (non-hydrogen) atoms. The van der Waals surface area contributed by atoms with Crippen LogP contribution < -0.4 is 0 Å². The van der Waals surface area contributed by atoms with E-state index in [0.717, 1.165) is 0 Å². The van der Waals surface area contributed by atoms with Crippen LogP contribution in [0.3, 0.4) is 0 Å². The minimum atomic E-state index is 0.627. The van der Waals surface area contributed by atoms with Gasteiger partial charge >= 0.3 is 0 Å². The van der Waals surface area contributed by atoms with Gasteiger partial charge in [0.2, 0.25) is 0 Å². The summed E-state index contributed by atoms with van der Waals surface area (Å²) in [5.74, 6) is 0. The number of allylic oxidation sites excluding steroid dienone is 1. The lowest BCUT2D eigenvalue weighted by molar-refractivity contribution is 0.342. The predicted octanol–water partition coefficient (Wildman–Crippen LogP) is 3.14. The average molecular weight is 124 g/mol. The van der Waals surface area contributed by atoms with Gasteiger partial charge in [-0.15, -0.1) is 6.58 Å². The molecular weight excluding hydrogens is 108 g/mol. The summed E-state index contributed by atoms with van der Waals surface area (Å²) in [5.41, 5.74) is 0.627. The van der Waals surface area contributed by atoms with Crippen LogP contribution in [0.4, 0.5) is 0 Å². The summed E-state index contributed by atoms with van der Waals surface area (Å²) in [6, 6.07) is 0. The fraction of sp³-hybridized carbons (Fsp3) is 0.778. The summed E-state index contributed by atoms with van der Waals surface area (Å²) in [4.78, 5) is 0. The molecule has 1 aliphatic carbocycles. The number of hydrogen-bond donors (Lipinski definition) is 0. The van der Waals surface area contributed by atoms with E-state index in [1.54, 1.807) is 0 Å². The van der Waals surface area contributed by atoms with E-state index in [4.69, 9.17) is 0 Å². The van der Waals surface area contributed by atoms with Gasteiger partial charge in [-0.2, -0.15) is 0 Å². The molecule has 0 saturated heterocycles. The van der Waals surface area contributed by atoms with E-state index in [0.29, 0.717) is 5.41 Å². The zero-order chi connectivity index (χ0) is 6.74. The largest absolute Gasteiger partial charge is 0.103 e. The van der Waals surface area contributed by atoms with Crippen LogP contribution in [0, 0.1) is 5.41 Å². The van der Waals surface area contributed by atoms with Crippen molar-refractivity contribution in [1.29, 1.82) is 0 Å². The third kappa shape index (κ3) is 1.57. The second-order valence-electron chi connectivity index (χ2n) is 3.51.